The summed E-state index contributed by atoms with van der Waals surface area (Å²) in [6, 6.07) is 78.9. The Morgan fingerprint density at radius 3 is 1.70 bits per heavy atom. The maximum atomic E-state index is 6.54. The predicted octanol–water partition coefficient (Wildman–Crippen LogP) is 17.0. The van der Waals surface area contributed by atoms with Gasteiger partial charge in [0.2, 0.25) is 0 Å². The molecule has 1 aliphatic rings. The molecule has 4 aromatic heterocycles. The number of fused-ring (bicyclic) bond motifs is 13. The molecular formula is C65H42N4O. The zero-order valence-electron chi connectivity index (χ0n) is 38.5. The van der Waals surface area contributed by atoms with E-state index < -0.39 is 0 Å². The van der Waals surface area contributed by atoms with Gasteiger partial charge in [-0.1, -0.05) is 135 Å². The standard InChI is InChI=1S/C65H42N4O/c1-65(2)54-22-12-9-19-45(54)48-35-51-49-33-41(27-31-57(49)68(59(51)37-55(48)65)43-17-7-4-8-18-43)42-28-32-58-50(34-42)52-36-53-46-20-11-14-24-61(46)70-62(53)38-60(52)69(58)44-29-25-40(26-30-44)64-66-56-23-13-10-21-47(56)63(67-64)39-15-5-3-6-16-39/h3-38H,1-2H3. The van der Waals surface area contributed by atoms with Crippen molar-refractivity contribution in [3.63, 3.8) is 0 Å². The van der Waals surface area contributed by atoms with Gasteiger partial charge in [-0.05, 0) is 124 Å². The number of benzene rings is 10. The zero-order chi connectivity index (χ0) is 46.2. The number of furan rings is 1. The Morgan fingerprint density at radius 1 is 0.357 bits per heavy atom. The van der Waals surface area contributed by atoms with Gasteiger partial charge in [-0.3, -0.25) is 0 Å². The van der Waals surface area contributed by atoms with E-state index in [-0.39, 0.29) is 5.41 Å². The second-order valence-corrected chi connectivity index (χ2v) is 19.3. The number of hydrogen-bond acceptors (Lipinski definition) is 3. The third kappa shape index (κ3) is 5.60. The van der Waals surface area contributed by atoms with Crippen molar-refractivity contribution in [2.75, 3.05) is 0 Å². The smallest absolute Gasteiger partial charge is 0.160 e. The number of rotatable bonds is 5. The third-order valence-electron chi connectivity index (χ3n) is 15.1. The van der Waals surface area contributed by atoms with E-state index in [1.54, 1.807) is 0 Å². The second kappa shape index (κ2) is 14.5. The van der Waals surface area contributed by atoms with Gasteiger partial charge in [0.1, 0.15) is 11.2 Å². The minimum absolute atomic E-state index is 0.105. The van der Waals surface area contributed by atoms with E-state index in [4.69, 9.17) is 14.4 Å². The molecule has 1 aliphatic carbocycles. The summed E-state index contributed by atoms with van der Waals surface area (Å²) in [6.45, 7) is 4.73. The predicted molar refractivity (Wildman–Crippen MR) is 289 cm³/mol. The highest BCUT2D eigenvalue weighted by atomic mass is 16.3. The van der Waals surface area contributed by atoms with E-state index in [1.165, 1.54) is 60.4 Å². The first-order valence-corrected chi connectivity index (χ1v) is 24.1. The van der Waals surface area contributed by atoms with Gasteiger partial charge in [0.15, 0.2) is 5.82 Å². The highest BCUT2D eigenvalue weighted by Crippen LogP contribution is 2.51. The lowest BCUT2D eigenvalue weighted by Crippen LogP contribution is -2.14. The molecule has 5 heteroatoms. The SMILES string of the molecule is CC1(C)c2ccccc2-c2cc3c4cc(-c5ccc6c(c5)c5cc7c(cc5n6-c5ccc(-c6nc(-c8ccccc8)c8ccccc8n6)cc5)oc5ccccc57)ccc4n(-c4ccccc4)c3cc21. The van der Waals surface area contributed by atoms with E-state index in [0.29, 0.717) is 5.82 Å². The summed E-state index contributed by atoms with van der Waals surface area (Å²) in [6.07, 6.45) is 0. The summed E-state index contributed by atoms with van der Waals surface area (Å²) < 4.78 is 11.4. The molecule has 14 aromatic rings. The summed E-state index contributed by atoms with van der Waals surface area (Å²) in [4.78, 5) is 10.2. The Hall–Kier alpha value is -9.06. The lowest BCUT2D eigenvalue weighted by atomic mass is 9.82. The maximum absolute atomic E-state index is 6.54. The molecule has 0 amide bonds. The van der Waals surface area contributed by atoms with Gasteiger partial charge in [0.05, 0.1) is 33.3 Å². The monoisotopic (exact) mass is 894 g/mol. The largest absolute Gasteiger partial charge is 0.456 e. The van der Waals surface area contributed by atoms with Crippen molar-refractivity contribution >= 4 is 76.5 Å². The van der Waals surface area contributed by atoms with Crippen molar-refractivity contribution in [2.45, 2.75) is 19.3 Å². The lowest BCUT2D eigenvalue weighted by Gasteiger charge is -2.21. The Labute approximate surface area is 403 Å². The normalized spacial score (nSPS) is 13.1. The molecule has 4 heterocycles. The van der Waals surface area contributed by atoms with E-state index in [2.05, 4.69) is 223 Å². The number of para-hydroxylation sites is 3. The second-order valence-electron chi connectivity index (χ2n) is 19.3. The first-order chi connectivity index (χ1) is 34.4. The van der Waals surface area contributed by atoms with Crippen LogP contribution in [-0.4, -0.2) is 19.1 Å². The molecule has 0 saturated carbocycles. The first kappa shape index (κ1) is 39.0. The number of nitrogens with zero attached hydrogens (tertiary/aromatic N) is 4. The van der Waals surface area contributed by atoms with Crippen LogP contribution in [0.25, 0.3) is 133 Å². The van der Waals surface area contributed by atoms with Crippen LogP contribution in [0.2, 0.25) is 0 Å². The molecule has 0 N–H and O–H groups in total. The van der Waals surface area contributed by atoms with Gasteiger partial charge in [0, 0.05) is 71.7 Å². The molecule has 0 saturated heterocycles. The molecule has 0 atom stereocenters. The van der Waals surface area contributed by atoms with Crippen LogP contribution < -0.4 is 0 Å². The Balaban J connectivity index is 0.916. The molecule has 15 rings (SSSR count). The van der Waals surface area contributed by atoms with Gasteiger partial charge in [-0.15, -0.1) is 0 Å². The van der Waals surface area contributed by atoms with Crippen LogP contribution in [0.4, 0.5) is 0 Å². The highest BCUT2D eigenvalue weighted by molar-refractivity contribution is 6.18. The lowest BCUT2D eigenvalue weighted by molar-refractivity contribution is 0.661. The molecule has 0 bridgehead atoms. The molecule has 0 fully saturated rings. The fraction of sp³-hybridized carbons (Fsp3) is 0.0462. The van der Waals surface area contributed by atoms with Crippen molar-refractivity contribution in [1.82, 2.24) is 19.1 Å². The van der Waals surface area contributed by atoms with Crippen molar-refractivity contribution < 1.29 is 4.42 Å². The average molecular weight is 895 g/mol. The van der Waals surface area contributed by atoms with E-state index in [9.17, 15) is 0 Å². The quantitative estimate of drug-likeness (QED) is 0.173. The van der Waals surface area contributed by atoms with Gasteiger partial charge >= 0.3 is 0 Å². The minimum atomic E-state index is -0.105. The third-order valence-corrected chi connectivity index (χ3v) is 15.1. The first-order valence-electron chi connectivity index (χ1n) is 24.1. The summed E-state index contributed by atoms with van der Waals surface area (Å²) in [5.74, 6) is 0.696. The zero-order valence-corrected chi connectivity index (χ0v) is 38.5. The van der Waals surface area contributed by atoms with Crippen molar-refractivity contribution in [2.24, 2.45) is 0 Å². The van der Waals surface area contributed by atoms with Crippen LogP contribution in [0.5, 0.6) is 0 Å². The van der Waals surface area contributed by atoms with Crippen molar-refractivity contribution in [3.8, 4) is 56.3 Å². The maximum Gasteiger partial charge on any atom is 0.160 e. The summed E-state index contributed by atoms with van der Waals surface area (Å²) in [5, 5.41) is 8.10. The summed E-state index contributed by atoms with van der Waals surface area (Å²) in [5.41, 5.74) is 20.1. The van der Waals surface area contributed by atoms with Gasteiger partial charge in [-0.25, -0.2) is 9.97 Å². The Kier molecular flexibility index (Phi) is 8.06. The molecule has 328 valence electrons. The molecule has 0 radical (unpaired) electrons. The summed E-state index contributed by atoms with van der Waals surface area (Å²) in [7, 11) is 0. The van der Waals surface area contributed by atoms with Gasteiger partial charge in [-0.2, -0.15) is 0 Å². The van der Waals surface area contributed by atoms with E-state index >= 15 is 0 Å². The Morgan fingerprint density at radius 2 is 0.943 bits per heavy atom. The van der Waals surface area contributed by atoms with E-state index in [0.717, 1.165) is 77.6 Å². The van der Waals surface area contributed by atoms with Crippen molar-refractivity contribution in [1.29, 1.82) is 0 Å². The molecule has 0 aliphatic heterocycles. The number of hydrogen-bond donors (Lipinski definition) is 0. The minimum Gasteiger partial charge on any atom is -0.456 e. The molecule has 0 spiro atoms. The van der Waals surface area contributed by atoms with Crippen LogP contribution in [0, 0.1) is 0 Å². The fourth-order valence-corrected chi connectivity index (χ4v) is 11.7. The molecule has 70 heavy (non-hydrogen) atoms. The highest BCUT2D eigenvalue weighted by Gasteiger charge is 2.36. The molecular weight excluding hydrogens is 853 g/mol. The van der Waals surface area contributed by atoms with Crippen LogP contribution in [0.1, 0.15) is 25.0 Å². The van der Waals surface area contributed by atoms with Crippen LogP contribution in [0.3, 0.4) is 0 Å². The topological polar surface area (TPSA) is 48.8 Å². The Bertz CT molecular complexity index is 4480. The number of aromatic nitrogens is 4. The summed E-state index contributed by atoms with van der Waals surface area (Å²) >= 11 is 0. The van der Waals surface area contributed by atoms with Crippen LogP contribution in [-0.2, 0) is 5.41 Å². The van der Waals surface area contributed by atoms with Crippen LogP contribution >= 0.6 is 0 Å². The molecule has 5 nitrogen and oxygen atoms in total. The van der Waals surface area contributed by atoms with Crippen molar-refractivity contribution in [3.05, 3.63) is 230 Å². The molecule has 10 aromatic carbocycles. The van der Waals surface area contributed by atoms with Gasteiger partial charge < -0.3 is 13.6 Å². The average Bonchev–Trinajstić information content (AvgIpc) is 4.11. The van der Waals surface area contributed by atoms with Gasteiger partial charge in [0.25, 0.3) is 0 Å². The molecule has 0 unspecified atom stereocenters. The van der Waals surface area contributed by atoms with E-state index in [1.807, 2.05) is 18.2 Å². The fourth-order valence-electron chi connectivity index (χ4n) is 11.7. The van der Waals surface area contributed by atoms with Crippen LogP contribution in [0.15, 0.2) is 223 Å².